The lowest BCUT2D eigenvalue weighted by molar-refractivity contribution is -0.113. The molecule has 0 saturated carbocycles. The fraction of sp³-hybridized carbons (Fsp3) is 0.316. The Bertz CT molecular complexity index is 670. The smallest absolute Gasteiger partial charge is 0.261 e. The molecule has 1 aromatic rings. The molecule has 2 amide bonds. The van der Waals surface area contributed by atoms with Gasteiger partial charge in [0, 0.05) is 19.6 Å². The molecule has 5 heteroatoms. The highest BCUT2D eigenvalue weighted by molar-refractivity contribution is 6.21. The molecule has 5 nitrogen and oxygen atoms in total. The van der Waals surface area contributed by atoms with E-state index in [-0.39, 0.29) is 30.4 Å². The van der Waals surface area contributed by atoms with Crippen molar-refractivity contribution in [3.8, 4) is 0 Å². The van der Waals surface area contributed by atoms with Crippen LogP contribution in [0.15, 0.2) is 48.1 Å². The Kier molecular flexibility index (Phi) is 5.82. The van der Waals surface area contributed by atoms with E-state index in [0.29, 0.717) is 11.1 Å². The van der Waals surface area contributed by atoms with Crippen LogP contribution in [0.1, 0.15) is 34.6 Å². The Labute approximate surface area is 141 Å². The molecule has 2 atom stereocenters. The van der Waals surface area contributed by atoms with E-state index < -0.39 is 0 Å². The molecule has 1 aliphatic rings. The molecule has 0 radical (unpaired) electrons. The minimum Gasteiger partial charge on any atom is -0.376 e. The molecule has 2 rings (SSSR count). The largest absolute Gasteiger partial charge is 0.376 e. The Balaban J connectivity index is 2.03. The average molecular weight is 327 g/mol. The van der Waals surface area contributed by atoms with E-state index in [2.05, 4.69) is 0 Å². The second-order valence-electron chi connectivity index (χ2n) is 5.76. The number of methoxy groups -OCH3 is 1. The van der Waals surface area contributed by atoms with Gasteiger partial charge in [0.05, 0.1) is 17.2 Å². The number of ether oxygens (including phenoxy) is 1. The van der Waals surface area contributed by atoms with Crippen molar-refractivity contribution in [1.82, 2.24) is 4.90 Å². The molecule has 0 N–H and O–H groups in total. The molecule has 0 fully saturated rings. The molecule has 126 valence electrons. The first-order chi connectivity index (χ1) is 11.5. The molecule has 24 heavy (non-hydrogen) atoms. The van der Waals surface area contributed by atoms with Crippen molar-refractivity contribution in [2.45, 2.75) is 20.0 Å². The maximum atomic E-state index is 12.2. The van der Waals surface area contributed by atoms with Crippen LogP contribution >= 0.6 is 0 Å². The number of amides is 2. The van der Waals surface area contributed by atoms with E-state index in [1.54, 1.807) is 50.5 Å². The molecule has 0 unspecified atom stereocenters. The lowest BCUT2D eigenvalue weighted by Gasteiger charge is -2.18. The van der Waals surface area contributed by atoms with Gasteiger partial charge in [-0.25, -0.2) is 0 Å². The van der Waals surface area contributed by atoms with Gasteiger partial charge in [0.15, 0.2) is 0 Å². The van der Waals surface area contributed by atoms with Gasteiger partial charge in [-0.05, 0) is 24.6 Å². The Morgan fingerprint density at radius 2 is 1.79 bits per heavy atom. The zero-order valence-corrected chi connectivity index (χ0v) is 14.1. The van der Waals surface area contributed by atoms with Crippen molar-refractivity contribution >= 4 is 18.1 Å². The summed E-state index contributed by atoms with van der Waals surface area (Å²) in [6, 6.07) is 6.81. The van der Waals surface area contributed by atoms with Crippen LogP contribution in [0.3, 0.4) is 0 Å². The van der Waals surface area contributed by atoms with Crippen molar-refractivity contribution in [3.63, 3.8) is 0 Å². The van der Waals surface area contributed by atoms with Crippen LogP contribution in [0.25, 0.3) is 0 Å². The number of fused-ring (bicyclic) bond motifs is 1. The summed E-state index contributed by atoms with van der Waals surface area (Å²) < 4.78 is 5.32. The van der Waals surface area contributed by atoms with Crippen LogP contribution < -0.4 is 0 Å². The van der Waals surface area contributed by atoms with Crippen LogP contribution in [-0.4, -0.2) is 42.8 Å². The number of carbonyl (C=O) groups is 3. The number of rotatable bonds is 7. The van der Waals surface area contributed by atoms with Gasteiger partial charge < -0.3 is 9.53 Å². The number of benzene rings is 1. The summed E-state index contributed by atoms with van der Waals surface area (Å²) in [6.07, 6.45) is 5.90. The minimum atomic E-state index is -0.286. The molecule has 0 saturated heterocycles. The zero-order valence-electron chi connectivity index (χ0n) is 14.1. The highest BCUT2D eigenvalue weighted by Crippen LogP contribution is 2.22. The van der Waals surface area contributed by atoms with Gasteiger partial charge in [-0.1, -0.05) is 37.3 Å². The summed E-state index contributed by atoms with van der Waals surface area (Å²) in [5, 5.41) is 0. The predicted octanol–water partition coefficient (Wildman–Crippen LogP) is 2.64. The summed E-state index contributed by atoms with van der Waals surface area (Å²) in [7, 11) is 1.56. The highest BCUT2D eigenvalue weighted by Gasteiger charge is 2.33. The number of aldehydes is 1. The SMILES string of the molecule is CO[C@H](/C(C)=C/C=C/CN1C(=O)c2ccccc2C1=O)[C@@H](C)C=O. The van der Waals surface area contributed by atoms with E-state index in [1.165, 1.54) is 4.90 Å². The maximum absolute atomic E-state index is 12.2. The normalized spacial score (nSPS) is 17.3. The first-order valence-corrected chi connectivity index (χ1v) is 7.77. The van der Waals surface area contributed by atoms with Crippen LogP contribution in [-0.2, 0) is 9.53 Å². The van der Waals surface area contributed by atoms with Gasteiger partial charge in [0.1, 0.15) is 6.29 Å². The Hall–Kier alpha value is -2.53. The highest BCUT2D eigenvalue weighted by atomic mass is 16.5. The minimum absolute atomic E-state index is 0.205. The van der Waals surface area contributed by atoms with Crippen LogP contribution in [0.2, 0.25) is 0 Å². The number of imide groups is 1. The van der Waals surface area contributed by atoms with Gasteiger partial charge in [-0.2, -0.15) is 0 Å². The van der Waals surface area contributed by atoms with E-state index in [1.807, 2.05) is 13.0 Å². The van der Waals surface area contributed by atoms with Crippen molar-refractivity contribution in [3.05, 3.63) is 59.2 Å². The molecule has 0 aromatic heterocycles. The summed E-state index contributed by atoms with van der Waals surface area (Å²) in [4.78, 5) is 36.5. The summed E-state index contributed by atoms with van der Waals surface area (Å²) in [5.74, 6) is -0.786. The predicted molar refractivity (Wildman–Crippen MR) is 90.7 cm³/mol. The second-order valence-corrected chi connectivity index (χ2v) is 5.76. The van der Waals surface area contributed by atoms with E-state index in [4.69, 9.17) is 4.74 Å². The molecule has 0 spiro atoms. The number of carbonyl (C=O) groups excluding carboxylic acids is 3. The Morgan fingerprint density at radius 3 is 2.29 bits per heavy atom. The molecular formula is C19H21NO4. The summed E-state index contributed by atoms with van der Waals surface area (Å²) in [5.41, 5.74) is 1.79. The molecule has 1 aromatic carbocycles. The van der Waals surface area contributed by atoms with Crippen LogP contribution in [0.4, 0.5) is 0 Å². The van der Waals surface area contributed by atoms with E-state index in [0.717, 1.165) is 11.9 Å². The first kappa shape index (κ1) is 17.8. The number of hydrogen-bond acceptors (Lipinski definition) is 4. The lowest BCUT2D eigenvalue weighted by Crippen LogP contribution is -2.29. The quantitative estimate of drug-likeness (QED) is 0.439. The number of hydrogen-bond donors (Lipinski definition) is 0. The zero-order chi connectivity index (χ0) is 17.7. The van der Waals surface area contributed by atoms with E-state index in [9.17, 15) is 14.4 Å². The first-order valence-electron chi connectivity index (χ1n) is 7.77. The van der Waals surface area contributed by atoms with E-state index >= 15 is 0 Å². The van der Waals surface area contributed by atoms with Crippen LogP contribution in [0, 0.1) is 5.92 Å². The maximum Gasteiger partial charge on any atom is 0.261 e. The van der Waals surface area contributed by atoms with Crippen molar-refractivity contribution in [1.29, 1.82) is 0 Å². The second kappa shape index (κ2) is 7.84. The third-order valence-corrected chi connectivity index (χ3v) is 4.06. The van der Waals surface area contributed by atoms with Crippen molar-refractivity contribution in [2.24, 2.45) is 5.92 Å². The number of nitrogens with zero attached hydrogens (tertiary/aromatic N) is 1. The third kappa shape index (κ3) is 3.51. The molecule has 0 bridgehead atoms. The summed E-state index contributed by atoms with van der Waals surface area (Å²) >= 11 is 0. The standard InChI is InChI=1S/C19H21NO4/c1-13(17(24-3)14(2)12-21)8-6-7-11-20-18(22)15-9-4-5-10-16(15)19(20)23/h4-10,12,14,17H,11H2,1-3H3/b7-6+,13-8+/t14-,17+/m0/s1. The van der Waals surface area contributed by atoms with Gasteiger partial charge in [0.2, 0.25) is 0 Å². The van der Waals surface area contributed by atoms with Gasteiger partial charge in [-0.3, -0.25) is 14.5 Å². The molecule has 1 heterocycles. The number of allylic oxidation sites excluding steroid dienone is 2. The monoisotopic (exact) mass is 327 g/mol. The van der Waals surface area contributed by atoms with Crippen LogP contribution in [0.5, 0.6) is 0 Å². The van der Waals surface area contributed by atoms with Gasteiger partial charge >= 0.3 is 0 Å². The Morgan fingerprint density at radius 1 is 1.21 bits per heavy atom. The fourth-order valence-electron chi connectivity index (χ4n) is 2.77. The van der Waals surface area contributed by atoms with Crippen molar-refractivity contribution in [2.75, 3.05) is 13.7 Å². The summed E-state index contributed by atoms with van der Waals surface area (Å²) in [6.45, 7) is 3.87. The third-order valence-electron chi connectivity index (χ3n) is 4.06. The van der Waals surface area contributed by atoms with Gasteiger partial charge in [0.25, 0.3) is 11.8 Å². The fourth-order valence-corrected chi connectivity index (χ4v) is 2.77. The van der Waals surface area contributed by atoms with Gasteiger partial charge in [-0.15, -0.1) is 0 Å². The molecular weight excluding hydrogens is 306 g/mol. The molecule has 0 aliphatic carbocycles. The topological polar surface area (TPSA) is 63.7 Å². The average Bonchev–Trinajstić information content (AvgIpc) is 2.84. The lowest BCUT2D eigenvalue weighted by atomic mass is 9.99. The van der Waals surface area contributed by atoms with Crippen molar-refractivity contribution < 1.29 is 19.1 Å². The molecule has 1 aliphatic heterocycles.